The molecule has 2 atom stereocenters. The van der Waals surface area contributed by atoms with Gasteiger partial charge in [0, 0.05) is 52.4 Å². The molecule has 10 amide bonds. The Balaban J connectivity index is 1.03. The number of rotatable bonds is 20. The average Bonchev–Trinajstić information content (AvgIpc) is 3.27. The Morgan fingerprint density at radius 3 is 1.10 bits per heavy atom. The zero-order valence-corrected chi connectivity index (χ0v) is 40.7. The van der Waals surface area contributed by atoms with Crippen LogP contribution in [0, 0.1) is 10.8 Å². The summed E-state index contributed by atoms with van der Waals surface area (Å²) in [4.78, 5) is 106. The van der Waals surface area contributed by atoms with Crippen LogP contribution in [0.15, 0.2) is 48.5 Å². The number of nitrogens with zero attached hydrogens (tertiary/aromatic N) is 4. The molecule has 18 nitrogen and oxygen atoms in total. The fourth-order valence-corrected chi connectivity index (χ4v) is 7.95. The van der Waals surface area contributed by atoms with Crippen molar-refractivity contribution in [2.24, 2.45) is 10.8 Å². The molecule has 2 aromatic carbocycles. The lowest BCUT2D eigenvalue weighted by atomic mass is 9.82. The molecule has 2 saturated heterocycles. The first-order valence-corrected chi connectivity index (χ1v) is 23.7. The van der Waals surface area contributed by atoms with Crippen molar-refractivity contribution in [2.45, 2.75) is 125 Å². The smallest absolute Gasteiger partial charge is 0.410 e. The fraction of sp³-hybridized carbons (Fsp3) is 0.592. The third-order valence-corrected chi connectivity index (χ3v) is 11.9. The zero-order valence-electron chi connectivity index (χ0n) is 40.7. The first kappa shape index (κ1) is 53.4. The molecular weight excluding hydrogens is 861 g/mol. The van der Waals surface area contributed by atoms with Crippen molar-refractivity contribution >= 4 is 47.9 Å². The number of hydrogen-bond donors (Lipinski definition) is 4. The van der Waals surface area contributed by atoms with Crippen LogP contribution in [0.2, 0.25) is 0 Å². The molecule has 0 aromatic heterocycles. The van der Waals surface area contributed by atoms with Crippen LogP contribution in [0.1, 0.15) is 136 Å². The Kier molecular flexibility index (Phi) is 20.0. The minimum absolute atomic E-state index is 0.123. The minimum Gasteiger partial charge on any atom is -0.410 e. The van der Waals surface area contributed by atoms with E-state index in [4.69, 9.17) is 9.47 Å². The number of likely N-dealkylation sites (N-methyl/N-ethyl adjacent to an activating group) is 2. The van der Waals surface area contributed by atoms with Gasteiger partial charge in [0.15, 0.2) is 0 Å². The van der Waals surface area contributed by atoms with Crippen LogP contribution >= 0.6 is 0 Å². The van der Waals surface area contributed by atoms with Crippen molar-refractivity contribution in [3.63, 3.8) is 0 Å². The van der Waals surface area contributed by atoms with Crippen molar-refractivity contribution in [1.82, 2.24) is 40.9 Å². The van der Waals surface area contributed by atoms with E-state index < -0.39 is 70.8 Å². The van der Waals surface area contributed by atoms with Crippen LogP contribution in [0.4, 0.5) is 19.2 Å². The summed E-state index contributed by atoms with van der Waals surface area (Å²) in [5.41, 5.74) is 0.648. The van der Waals surface area contributed by atoms with Crippen molar-refractivity contribution < 1.29 is 47.8 Å². The highest BCUT2D eigenvalue weighted by molar-refractivity contribution is 6.38. The Labute approximate surface area is 395 Å². The highest BCUT2D eigenvalue weighted by Crippen LogP contribution is 2.35. The van der Waals surface area contributed by atoms with Crippen LogP contribution < -0.4 is 30.7 Å². The van der Waals surface area contributed by atoms with Gasteiger partial charge in [-0.3, -0.25) is 29.0 Å². The summed E-state index contributed by atoms with van der Waals surface area (Å²) in [6.07, 6.45) is 7.94. The zero-order chi connectivity index (χ0) is 49.3. The van der Waals surface area contributed by atoms with Crippen LogP contribution in [0.3, 0.4) is 0 Å². The number of unbranched alkanes of at least 4 members (excludes halogenated alkanes) is 8. The molecular formula is C49H72N8O10. The fourth-order valence-electron chi connectivity index (χ4n) is 7.95. The maximum atomic E-state index is 13.1. The number of urea groups is 2. The van der Waals surface area contributed by atoms with Gasteiger partial charge in [-0.25, -0.2) is 19.2 Å². The Bertz CT molecular complexity index is 1890. The van der Waals surface area contributed by atoms with E-state index in [1.807, 2.05) is 41.5 Å². The van der Waals surface area contributed by atoms with E-state index in [-0.39, 0.29) is 13.1 Å². The van der Waals surface area contributed by atoms with Crippen molar-refractivity contribution in [3.8, 4) is 11.5 Å². The van der Waals surface area contributed by atoms with E-state index in [1.54, 1.807) is 62.4 Å². The lowest BCUT2D eigenvalue weighted by Gasteiger charge is -2.36. The number of piperazine rings is 2. The molecule has 2 aromatic rings. The molecule has 0 bridgehead atoms. The van der Waals surface area contributed by atoms with Gasteiger partial charge in [0.2, 0.25) is 0 Å². The van der Waals surface area contributed by atoms with Gasteiger partial charge < -0.3 is 40.5 Å². The summed E-state index contributed by atoms with van der Waals surface area (Å²) in [7, 11) is 0. The predicted octanol–water partition coefficient (Wildman–Crippen LogP) is 7.05. The van der Waals surface area contributed by atoms with E-state index in [0.29, 0.717) is 50.8 Å². The Morgan fingerprint density at radius 1 is 0.493 bits per heavy atom. The molecule has 0 aliphatic carbocycles. The monoisotopic (exact) mass is 933 g/mol. The van der Waals surface area contributed by atoms with E-state index in [2.05, 4.69) is 21.3 Å². The molecule has 4 N–H and O–H groups in total. The number of imide groups is 2. The lowest BCUT2D eigenvalue weighted by Crippen LogP contribution is -2.58. The van der Waals surface area contributed by atoms with Gasteiger partial charge in [0.05, 0.1) is 12.1 Å². The maximum absolute atomic E-state index is 13.1. The molecule has 0 radical (unpaired) electrons. The largest absolute Gasteiger partial charge is 0.412 e. The number of amides is 10. The van der Waals surface area contributed by atoms with Crippen LogP contribution in [0.5, 0.6) is 11.5 Å². The van der Waals surface area contributed by atoms with Gasteiger partial charge in [0.1, 0.15) is 11.5 Å². The second-order valence-corrected chi connectivity index (χ2v) is 19.1. The summed E-state index contributed by atoms with van der Waals surface area (Å²) < 4.78 is 10.9. The molecule has 368 valence electrons. The molecule has 4 rings (SSSR count). The molecule has 18 heteroatoms. The molecule has 0 spiro atoms. The average molecular weight is 933 g/mol. The number of benzene rings is 2. The highest BCUT2D eigenvalue weighted by atomic mass is 16.6. The lowest BCUT2D eigenvalue weighted by molar-refractivity contribution is -0.153. The van der Waals surface area contributed by atoms with Crippen LogP contribution in [-0.4, -0.2) is 120 Å². The van der Waals surface area contributed by atoms with Gasteiger partial charge in [-0.1, -0.05) is 111 Å². The normalized spacial score (nSPS) is 15.5. The molecule has 2 aliphatic rings. The van der Waals surface area contributed by atoms with Crippen molar-refractivity contribution in [2.75, 3.05) is 52.4 Å². The van der Waals surface area contributed by atoms with Crippen molar-refractivity contribution in [1.29, 1.82) is 0 Å². The molecule has 2 unspecified atom stereocenters. The third kappa shape index (κ3) is 16.0. The van der Waals surface area contributed by atoms with Gasteiger partial charge in [-0.15, -0.1) is 0 Å². The molecule has 0 saturated carbocycles. The standard InChI is InChI=1S/C49H72N8O10/c1-9-54-30-32-56(42(60)40(54)58)44(62)52-38(48(3,4)5)34-20-24-36(25-21-34)66-46(64)50-28-18-16-14-12-11-13-15-17-19-29-51-47(65)67-37-26-22-35(23-27-37)39(49(6,7)8)53-45(63)57-33-31-55(10-2)41(59)43(57)61/h20-27,38-39H,9-19,28-33H2,1-8H3,(H,50,64)(H,51,65)(H,52,62)(H,53,63). The number of nitrogens with one attached hydrogen (secondary N) is 4. The minimum atomic E-state index is -0.841. The number of hydrogen-bond acceptors (Lipinski definition) is 10. The SMILES string of the molecule is CCN1CCN(C(=O)NC(c2ccc(OC(=O)NCCCCCCCCCCCNC(=O)Oc3ccc(C(NC(=O)N4CCN(CC)C(=O)C4=O)C(C)(C)C)cc3)cc2)C(C)(C)C)C(=O)C1=O. The second kappa shape index (κ2) is 25.1. The summed E-state index contributed by atoms with van der Waals surface area (Å²) >= 11 is 0. The van der Waals surface area contributed by atoms with E-state index in [1.165, 1.54) is 9.80 Å². The summed E-state index contributed by atoms with van der Waals surface area (Å²) in [5.74, 6) is -2.35. The number of carbonyl (C=O) groups excluding carboxylic acids is 8. The first-order valence-electron chi connectivity index (χ1n) is 23.7. The Hall–Kier alpha value is -6.20. The van der Waals surface area contributed by atoms with Gasteiger partial charge in [-0.2, -0.15) is 0 Å². The third-order valence-electron chi connectivity index (χ3n) is 11.9. The summed E-state index contributed by atoms with van der Waals surface area (Å²) in [6.45, 7) is 17.9. The van der Waals surface area contributed by atoms with Gasteiger partial charge in [0.25, 0.3) is 0 Å². The van der Waals surface area contributed by atoms with E-state index in [9.17, 15) is 38.4 Å². The number of carbonyl (C=O) groups is 8. The summed E-state index contributed by atoms with van der Waals surface area (Å²) in [6, 6.07) is 11.5. The van der Waals surface area contributed by atoms with Crippen molar-refractivity contribution in [3.05, 3.63) is 59.7 Å². The van der Waals surface area contributed by atoms with E-state index >= 15 is 0 Å². The molecule has 2 fully saturated rings. The van der Waals surface area contributed by atoms with Gasteiger partial charge >= 0.3 is 47.9 Å². The van der Waals surface area contributed by atoms with E-state index in [0.717, 1.165) is 78.7 Å². The summed E-state index contributed by atoms with van der Waals surface area (Å²) in [5, 5.41) is 11.4. The topological polar surface area (TPSA) is 216 Å². The van der Waals surface area contributed by atoms with Crippen LogP contribution in [-0.2, 0) is 19.2 Å². The molecule has 2 aliphatic heterocycles. The first-order chi connectivity index (χ1) is 31.7. The van der Waals surface area contributed by atoms with Gasteiger partial charge in [-0.05, 0) is 72.9 Å². The number of ether oxygens (including phenoxy) is 2. The molecule has 2 heterocycles. The Morgan fingerprint density at radius 2 is 0.806 bits per heavy atom. The maximum Gasteiger partial charge on any atom is 0.412 e. The van der Waals surface area contributed by atoms with Crippen LogP contribution in [0.25, 0.3) is 0 Å². The molecule has 67 heavy (non-hydrogen) atoms. The quantitative estimate of drug-likeness (QED) is 0.0784. The highest BCUT2D eigenvalue weighted by Gasteiger charge is 2.39. The predicted molar refractivity (Wildman–Crippen MR) is 252 cm³/mol. The second-order valence-electron chi connectivity index (χ2n) is 19.1.